The van der Waals surface area contributed by atoms with Gasteiger partial charge in [-0.25, -0.2) is 9.97 Å². The number of aromatic nitrogens is 5. The van der Waals surface area contributed by atoms with Crippen molar-refractivity contribution in [2.75, 3.05) is 11.1 Å². The van der Waals surface area contributed by atoms with E-state index < -0.39 is 0 Å². The molecule has 20 heavy (non-hydrogen) atoms. The van der Waals surface area contributed by atoms with Gasteiger partial charge in [0.05, 0.1) is 17.6 Å². The molecule has 0 unspecified atom stereocenters. The number of fused-ring (bicyclic) bond motifs is 1. The Hall–Kier alpha value is -2.70. The molecular weight excluding hydrogens is 254 g/mol. The van der Waals surface area contributed by atoms with Crippen molar-refractivity contribution in [1.29, 1.82) is 0 Å². The average Bonchev–Trinajstić information content (AvgIpc) is 2.92. The highest BCUT2D eigenvalue weighted by atomic mass is 15.3. The van der Waals surface area contributed by atoms with Gasteiger partial charge >= 0.3 is 0 Å². The van der Waals surface area contributed by atoms with Crippen LogP contribution in [0, 0.1) is 0 Å². The number of nitrogens with one attached hydrogen (secondary N) is 1. The van der Waals surface area contributed by atoms with Gasteiger partial charge in [-0.15, -0.1) is 10.2 Å². The van der Waals surface area contributed by atoms with E-state index >= 15 is 0 Å². The van der Waals surface area contributed by atoms with Gasteiger partial charge in [-0.3, -0.25) is 0 Å². The van der Waals surface area contributed by atoms with Crippen molar-refractivity contribution in [3.63, 3.8) is 0 Å². The fourth-order valence-corrected chi connectivity index (χ4v) is 1.99. The van der Waals surface area contributed by atoms with E-state index in [2.05, 4.69) is 25.5 Å². The summed E-state index contributed by atoms with van der Waals surface area (Å²) in [5.41, 5.74) is 7.51. The van der Waals surface area contributed by atoms with Gasteiger partial charge in [0.25, 0.3) is 0 Å². The zero-order chi connectivity index (χ0) is 13.9. The lowest BCUT2D eigenvalue weighted by Gasteiger charge is -2.09. The highest BCUT2D eigenvalue weighted by Gasteiger charge is 2.07. The zero-order valence-corrected chi connectivity index (χ0v) is 11.1. The predicted octanol–water partition coefficient (Wildman–Crippen LogP) is 1.44. The van der Waals surface area contributed by atoms with E-state index in [0.29, 0.717) is 18.2 Å². The van der Waals surface area contributed by atoms with Gasteiger partial charge in [0.2, 0.25) is 0 Å². The number of para-hydroxylation sites is 2. The molecule has 0 aliphatic rings. The van der Waals surface area contributed by atoms with Gasteiger partial charge in [-0.1, -0.05) is 12.1 Å². The molecule has 0 atom stereocenters. The second kappa shape index (κ2) is 5.12. The third-order valence-corrected chi connectivity index (χ3v) is 3.05. The summed E-state index contributed by atoms with van der Waals surface area (Å²) in [4.78, 5) is 8.80. The van der Waals surface area contributed by atoms with Crippen LogP contribution in [0.1, 0.15) is 12.7 Å². The molecule has 0 aliphatic heterocycles. The van der Waals surface area contributed by atoms with Gasteiger partial charge in [0, 0.05) is 6.54 Å². The second-order valence-electron chi connectivity index (χ2n) is 4.33. The molecule has 0 saturated carbocycles. The molecule has 2 heterocycles. The molecule has 0 amide bonds. The Bertz CT molecular complexity index is 734. The molecule has 0 fully saturated rings. The van der Waals surface area contributed by atoms with Crippen LogP contribution in [0.3, 0.4) is 0 Å². The van der Waals surface area contributed by atoms with Crippen molar-refractivity contribution >= 4 is 22.7 Å². The molecule has 0 aliphatic carbocycles. The third kappa shape index (κ3) is 2.25. The molecule has 2 aromatic heterocycles. The van der Waals surface area contributed by atoms with Gasteiger partial charge < -0.3 is 15.6 Å². The maximum atomic E-state index is 5.92. The monoisotopic (exact) mass is 269 g/mol. The molecule has 3 rings (SSSR count). The number of benzene rings is 1. The smallest absolute Gasteiger partial charge is 0.169 e. The lowest BCUT2D eigenvalue weighted by Crippen LogP contribution is -2.10. The molecule has 7 heteroatoms. The summed E-state index contributed by atoms with van der Waals surface area (Å²) >= 11 is 0. The van der Waals surface area contributed by atoms with Crippen LogP contribution >= 0.6 is 0 Å². The third-order valence-electron chi connectivity index (χ3n) is 3.05. The van der Waals surface area contributed by atoms with Gasteiger partial charge in [0.15, 0.2) is 17.5 Å². The molecule has 3 aromatic rings. The number of rotatable bonds is 4. The topological polar surface area (TPSA) is 94.5 Å². The number of hydrogen-bond donors (Lipinski definition) is 2. The van der Waals surface area contributed by atoms with E-state index in [1.807, 2.05) is 35.8 Å². The first-order valence-corrected chi connectivity index (χ1v) is 6.40. The lowest BCUT2D eigenvalue weighted by molar-refractivity contribution is 0.707. The summed E-state index contributed by atoms with van der Waals surface area (Å²) in [5, 5.41) is 11.1. The minimum absolute atomic E-state index is 0.381. The minimum Gasteiger partial charge on any atom is -0.381 e. The highest BCUT2D eigenvalue weighted by Crippen LogP contribution is 2.18. The summed E-state index contributed by atoms with van der Waals surface area (Å²) in [6, 6.07) is 7.62. The largest absolute Gasteiger partial charge is 0.381 e. The lowest BCUT2D eigenvalue weighted by atomic mass is 10.3. The van der Waals surface area contributed by atoms with Crippen LogP contribution in [-0.2, 0) is 13.1 Å². The molecule has 0 bridgehead atoms. The van der Waals surface area contributed by atoms with Crippen molar-refractivity contribution in [2.24, 2.45) is 0 Å². The van der Waals surface area contributed by atoms with Crippen LogP contribution in [0.25, 0.3) is 11.0 Å². The number of aryl methyl sites for hydroxylation is 1. The first-order chi connectivity index (χ1) is 9.78. The summed E-state index contributed by atoms with van der Waals surface area (Å²) in [7, 11) is 0. The summed E-state index contributed by atoms with van der Waals surface area (Å²) in [6.07, 6.45) is 1.70. The Morgan fingerprint density at radius 3 is 2.70 bits per heavy atom. The van der Waals surface area contributed by atoms with Crippen molar-refractivity contribution < 1.29 is 0 Å². The van der Waals surface area contributed by atoms with Crippen LogP contribution in [-0.4, -0.2) is 24.7 Å². The zero-order valence-electron chi connectivity index (χ0n) is 11.1. The van der Waals surface area contributed by atoms with Crippen molar-refractivity contribution in [1.82, 2.24) is 24.7 Å². The summed E-state index contributed by atoms with van der Waals surface area (Å²) in [5.74, 6) is 1.78. The van der Waals surface area contributed by atoms with E-state index in [-0.39, 0.29) is 0 Å². The Labute approximate surface area is 115 Å². The summed E-state index contributed by atoms with van der Waals surface area (Å²) < 4.78 is 1.96. The first kappa shape index (κ1) is 12.3. The number of anilines is 2. The normalized spacial score (nSPS) is 10.8. The Morgan fingerprint density at radius 1 is 1.20 bits per heavy atom. The van der Waals surface area contributed by atoms with E-state index in [1.165, 1.54) is 0 Å². The maximum absolute atomic E-state index is 5.92. The quantitative estimate of drug-likeness (QED) is 0.744. The molecule has 102 valence electrons. The van der Waals surface area contributed by atoms with Gasteiger partial charge in [-0.2, -0.15) is 0 Å². The molecular formula is C13H15N7. The fraction of sp³-hybridized carbons (Fsp3) is 0.231. The average molecular weight is 269 g/mol. The van der Waals surface area contributed by atoms with E-state index in [4.69, 9.17) is 5.73 Å². The molecule has 7 nitrogen and oxygen atoms in total. The van der Waals surface area contributed by atoms with Crippen LogP contribution < -0.4 is 11.1 Å². The highest BCUT2D eigenvalue weighted by molar-refractivity contribution is 5.79. The fourth-order valence-electron chi connectivity index (χ4n) is 1.99. The Kier molecular flexibility index (Phi) is 3.16. The predicted molar refractivity (Wildman–Crippen MR) is 77.0 cm³/mol. The second-order valence-corrected chi connectivity index (χ2v) is 4.33. The van der Waals surface area contributed by atoms with Gasteiger partial charge in [-0.05, 0) is 19.1 Å². The Morgan fingerprint density at radius 2 is 1.95 bits per heavy atom. The van der Waals surface area contributed by atoms with E-state index in [1.54, 1.807) is 6.33 Å². The SMILES string of the molecule is CCn1cnnc1CNc1nc2ccccc2nc1N. The molecule has 3 N–H and O–H groups in total. The van der Waals surface area contributed by atoms with E-state index in [0.717, 1.165) is 23.4 Å². The molecule has 0 spiro atoms. The van der Waals surface area contributed by atoms with E-state index in [9.17, 15) is 0 Å². The Balaban J connectivity index is 1.85. The van der Waals surface area contributed by atoms with Crippen molar-refractivity contribution in [3.05, 3.63) is 36.4 Å². The first-order valence-electron chi connectivity index (χ1n) is 6.40. The van der Waals surface area contributed by atoms with Crippen molar-refractivity contribution in [2.45, 2.75) is 20.0 Å². The van der Waals surface area contributed by atoms with Crippen LogP contribution in [0.2, 0.25) is 0 Å². The van der Waals surface area contributed by atoms with Crippen LogP contribution in [0.4, 0.5) is 11.6 Å². The number of nitrogens with zero attached hydrogens (tertiary/aromatic N) is 5. The number of nitrogens with two attached hydrogens (primary N) is 1. The standard InChI is InChI=1S/C13H15N7/c1-2-20-8-16-19-11(20)7-15-13-12(14)17-9-5-3-4-6-10(9)18-13/h3-6,8H,2,7H2,1H3,(H2,14,17)(H,15,18). The van der Waals surface area contributed by atoms with Crippen molar-refractivity contribution in [3.8, 4) is 0 Å². The van der Waals surface area contributed by atoms with Crippen LogP contribution in [0.15, 0.2) is 30.6 Å². The van der Waals surface area contributed by atoms with Crippen LogP contribution in [0.5, 0.6) is 0 Å². The minimum atomic E-state index is 0.381. The molecule has 1 aromatic carbocycles. The number of hydrogen-bond acceptors (Lipinski definition) is 6. The maximum Gasteiger partial charge on any atom is 0.169 e. The molecule has 0 saturated heterocycles. The summed E-state index contributed by atoms with van der Waals surface area (Å²) in [6.45, 7) is 3.37. The number of nitrogen functional groups attached to an aromatic ring is 1. The van der Waals surface area contributed by atoms with Gasteiger partial charge in [0.1, 0.15) is 6.33 Å². The molecule has 0 radical (unpaired) electrons.